The van der Waals surface area contributed by atoms with Crippen molar-refractivity contribution in [2.75, 3.05) is 11.5 Å². The molecule has 6 nitrogen and oxygen atoms in total. The Balaban J connectivity index is 1.34. The zero-order valence-electron chi connectivity index (χ0n) is 18.0. The highest BCUT2D eigenvalue weighted by Crippen LogP contribution is 2.37. The molecule has 1 atom stereocenters. The normalized spacial score (nSPS) is 19.1. The number of halogens is 1. The first-order valence-electron chi connectivity index (χ1n) is 11.0. The molecule has 1 aliphatic heterocycles. The van der Waals surface area contributed by atoms with Crippen LogP contribution < -0.4 is 4.90 Å². The maximum atomic E-state index is 13.0. The molecule has 4 rings (SSSR count). The molecule has 172 valence electrons. The Bertz CT molecular complexity index is 1050. The molecule has 0 spiro atoms. The van der Waals surface area contributed by atoms with E-state index >= 15 is 0 Å². The van der Waals surface area contributed by atoms with Gasteiger partial charge in [0.05, 0.1) is 16.5 Å². The molecular weight excluding hydrogens is 445 g/mol. The van der Waals surface area contributed by atoms with Crippen molar-refractivity contribution < 1.29 is 28.3 Å². The zero-order valence-corrected chi connectivity index (χ0v) is 18.8. The van der Waals surface area contributed by atoms with Crippen LogP contribution in [0.4, 0.5) is 10.1 Å². The van der Waals surface area contributed by atoms with E-state index in [0.29, 0.717) is 10.9 Å². The molecule has 0 aromatic heterocycles. The van der Waals surface area contributed by atoms with E-state index in [1.807, 2.05) is 0 Å². The van der Waals surface area contributed by atoms with Gasteiger partial charge in [-0.15, -0.1) is 11.8 Å². The number of nitrogens with zero attached hydrogens (tertiary/aromatic N) is 1. The highest BCUT2D eigenvalue weighted by molar-refractivity contribution is 8.01. The molecule has 0 N–H and O–H groups in total. The third kappa shape index (κ3) is 5.50. The van der Waals surface area contributed by atoms with Crippen LogP contribution in [0, 0.1) is 5.82 Å². The van der Waals surface area contributed by atoms with Crippen molar-refractivity contribution in [2.24, 2.45) is 0 Å². The van der Waals surface area contributed by atoms with Crippen LogP contribution in [0.5, 0.6) is 0 Å². The Kier molecular flexibility index (Phi) is 7.23. The molecular formula is C25H24FNO5S. The van der Waals surface area contributed by atoms with Gasteiger partial charge in [0.25, 0.3) is 0 Å². The average Bonchev–Trinajstić information content (AvgIpc) is 3.11. The van der Waals surface area contributed by atoms with Crippen LogP contribution in [-0.2, 0) is 14.3 Å². The smallest absolute Gasteiger partial charge is 0.338 e. The van der Waals surface area contributed by atoms with Crippen molar-refractivity contribution in [1.82, 2.24) is 0 Å². The summed E-state index contributed by atoms with van der Waals surface area (Å²) in [6.07, 6.45) is 5.93. The number of hydrogen-bond donors (Lipinski definition) is 0. The molecule has 0 bridgehead atoms. The van der Waals surface area contributed by atoms with Gasteiger partial charge < -0.3 is 4.74 Å². The third-order valence-electron chi connectivity index (χ3n) is 5.88. The molecule has 33 heavy (non-hydrogen) atoms. The molecule has 8 heteroatoms. The van der Waals surface area contributed by atoms with Gasteiger partial charge >= 0.3 is 5.97 Å². The lowest BCUT2D eigenvalue weighted by molar-refractivity contribution is -0.121. The molecule has 2 aliphatic rings. The van der Waals surface area contributed by atoms with E-state index in [0.717, 1.165) is 25.0 Å². The first kappa shape index (κ1) is 23.2. The van der Waals surface area contributed by atoms with Gasteiger partial charge in [-0.1, -0.05) is 19.3 Å². The second-order valence-corrected chi connectivity index (χ2v) is 9.72. The number of rotatable bonds is 7. The number of anilines is 1. The van der Waals surface area contributed by atoms with Crippen molar-refractivity contribution in [2.45, 2.75) is 49.0 Å². The van der Waals surface area contributed by atoms with Crippen LogP contribution in [-0.4, -0.2) is 40.7 Å². The molecule has 0 radical (unpaired) electrons. The number of thioether (sulfide) groups is 1. The number of benzene rings is 2. The first-order valence-corrected chi connectivity index (χ1v) is 11.9. The maximum Gasteiger partial charge on any atom is 0.338 e. The van der Waals surface area contributed by atoms with E-state index in [1.165, 1.54) is 60.6 Å². The number of carbonyl (C=O) groups excluding carboxylic acids is 4. The number of Topliss-reactive ketones (excluding diaryl/α,β-unsaturated/α-hetero) is 1. The fourth-order valence-corrected chi connectivity index (χ4v) is 5.63. The predicted octanol–water partition coefficient (Wildman–Crippen LogP) is 4.56. The first-order chi connectivity index (χ1) is 15.9. The molecule has 2 amide bonds. The second-order valence-electron chi connectivity index (χ2n) is 8.21. The van der Waals surface area contributed by atoms with Crippen LogP contribution in [0.25, 0.3) is 0 Å². The molecule has 1 saturated heterocycles. The molecule has 2 aromatic rings. The van der Waals surface area contributed by atoms with Crippen LogP contribution in [0.3, 0.4) is 0 Å². The number of ketones is 1. The summed E-state index contributed by atoms with van der Waals surface area (Å²) in [5.74, 6) is -2.07. The van der Waals surface area contributed by atoms with Gasteiger partial charge in [-0.3, -0.25) is 14.4 Å². The van der Waals surface area contributed by atoms with Crippen LogP contribution in [0.2, 0.25) is 0 Å². The molecule has 1 heterocycles. The van der Waals surface area contributed by atoms with Gasteiger partial charge in [0.2, 0.25) is 11.8 Å². The van der Waals surface area contributed by atoms with Gasteiger partial charge in [0, 0.05) is 17.2 Å². The van der Waals surface area contributed by atoms with Gasteiger partial charge in [-0.05, 0) is 61.4 Å². The van der Waals surface area contributed by atoms with Gasteiger partial charge in [-0.2, -0.15) is 0 Å². The number of esters is 1. The summed E-state index contributed by atoms with van der Waals surface area (Å²) in [5, 5.41) is 0.0675. The Morgan fingerprint density at radius 1 is 0.939 bits per heavy atom. The van der Waals surface area contributed by atoms with Crippen molar-refractivity contribution in [1.29, 1.82) is 0 Å². The standard InChI is InChI=1S/C25H24FNO5S/c26-18-10-6-16(7-11-18)21(28)15-32-25(31)17-8-12-19(13-9-17)27-23(29)14-22(24(27)30)33-20-4-2-1-3-5-20/h6-13,20,22H,1-5,14-15H2. The minimum absolute atomic E-state index is 0.190. The Morgan fingerprint density at radius 3 is 2.24 bits per heavy atom. The van der Waals surface area contributed by atoms with E-state index in [-0.39, 0.29) is 34.6 Å². The number of imide groups is 1. The zero-order chi connectivity index (χ0) is 23.4. The number of ether oxygens (including phenoxy) is 1. The highest BCUT2D eigenvalue weighted by Gasteiger charge is 2.41. The molecule has 2 fully saturated rings. The average molecular weight is 470 g/mol. The summed E-state index contributed by atoms with van der Waals surface area (Å²) >= 11 is 1.62. The number of amides is 2. The van der Waals surface area contributed by atoms with E-state index in [9.17, 15) is 23.6 Å². The SMILES string of the molecule is O=C(COC(=O)c1ccc(N2C(=O)CC(SC3CCCCC3)C2=O)cc1)c1ccc(F)cc1. The van der Waals surface area contributed by atoms with E-state index < -0.39 is 24.2 Å². The van der Waals surface area contributed by atoms with Gasteiger partial charge in [-0.25, -0.2) is 14.1 Å². The second kappa shape index (κ2) is 10.3. The lowest BCUT2D eigenvalue weighted by Crippen LogP contribution is -2.31. The Labute approximate surface area is 195 Å². The summed E-state index contributed by atoms with van der Waals surface area (Å²) in [6, 6.07) is 10.9. The Morgan fingerprint density at radius 2 is 1.58 bits per heavy atom. The quantitative estimate of drug-likeness (QED) is 0.336. The third-order valence-corrected chi connectivity index (χ3v) is 7.43. The minimum atomic E-state index is -0.707. The van der Waals surface area contributed by atoms with Crippen molar-refractivity contribution in [3.8, 4) is 0 Å². The van der Waals surface area contributed by atoms with Crippen LogP contribution >= 0.6 is 11.8 Å². The van der Waals surface area contributed by atoms with Crippen molar-refractivity contribution >= 4 is 41.0 Å². The van der Waals surface area contributed by atoms with Crippen LogP contribution in [0.15, 0.2) is 48.5 Å². The fraction of sp³-hybridized carbons (Fsp3) is 0.360. The monoisotopic (exact) mass is 469 g/mol. The summed E-state index contributed by atoms with van der Waals surface area (Å²) in [6.45, 7) is -0.477. The summed E-state index contributed by atoms with van der Waals surface area (Å²) < 4.78 is 18.0. The van der Waals surface area contributed by atoms with Gasteiger partial charge in [0.15, 0.2) is 12.4 Å². The number of carbonyl (C=O) groups is 4. The van der Waals surface area contributed by atoms with Crippen molar-refractivity contribution in [3.05, 3.63) is 65.5 Å². The van der Waals surface area contributed by atoms with E-state index in [4.69, 9.17) is 4.74 Å². The van der Waals surface area contributed by atoms with Crippen molar-refractivity contribution in [3.63, 3.8) is 0 Å². The summed E-state index contributed by atoms with van der Waals surface area (Å²) in [5.41, 5.74) is 0.847. The van der Waals surface area contributed by atoms with Gasteiger partial charge in [0.1, 0.15) is 5.82 Å². The highest BCUT2D eigenvalue weighted by atomic mass is 32.2. The maximum absolute atomic E-state index is 13.0. The summed E-state index contributed by atoms with van der Waals surface area (Å²) in [7, 11) is 0. The molecule has 2 aromatic carbocycles. The number of hydrogen-bond acceptors (Lipinski definition) is 6. The van der Waals surface area contributed by atoms with E-state index in [1.54, 1.807) is 11.8 Å². The fourth-order valence-electron chi connectivity index (χ4n) is 4.10. The molecule has 1 aliphatic carbocycles. The molecule has 1 saturated carbocycles. The van der Waals surface area contributed by atoms with E-state index in [2.05, 4.69) is 0 Å². The lowest BCUT2D eigenvalue weighted by Gasteiger charge is -2.23. The minimum Gasteiger partial charge on any atom is -0.454 e. The molecule has 1 unspecified atom stereocenters. The predicted molar refractivity (Wildman–Crippen MR) is 123 cm³/mol. The Hall–Kier alpha value is -3.00. The largest absolute Gasteiger partial charge is 0.454 e. The lowest BCUT2D eigenvalue weighted by atomic mass is 10.0. The topological polar surface area (TPSA) is 80.8 Å². The summed E-state index contributed by atoms with van der Waals surface area (Å²) in [4.78, 5) is 51.0. The van der Waals surface area contributed by atoms with Crippen LogP contribution in [0.1, 0.15) is 59.2 Å².